The molecule has 8 heteroatoms. The van der Waals surface area contributed by atoms with E-state index in [0.29, 0.717) is 6.61 Å². The highest BCUT2D eigenvalue weighted by Crippen LogP contribution is 2.30. The molecule has 2 aliphatic heterocycles. The van der Waals surface area contributed by atoms with Gasteiger partial charge in [0, 0.05) is 61.4 Å². The fraction of sp³-hybridized carbons (Fsp3) is 0.341. The summed E-state index contributed by atoms with van der Waals surface area (Å²) < 4.78 is 4.94. The topological polar surface area (TPSA) is 63.8 Å². The molecule has 2 fully saturated rings. The monoisotopic (exact) mass is 677 g/mol. The van der Waals surface area contributed by atoms with Gasteiger partial charge in [-0.3, -0.25) is 9.80 Å². The van der Waals surface area contributed by atoms with Crippen molar-refractivity contribution >= 4 is 28.6 Å². The molecule has 0 aliphatic carbocycles. The fourth-order valence-corrected chi connectivity index (χ4v) is 6.99. The van der Waals surface area contributed by atoms with Crippen LogP contribution in [0.25, 0.3) is 10.9 Å². The number of likely N-dealkylation sites (N-methyl/N-ethyl adjacent to an activating group) is 1. The Hall–Kier alpha value is -4.14. The predicted molar refractivity (Wildman–Crippen MR) is 200 cm³/mol. The van der Waals surface area contributed by atoms with Crippen LogP contribution in [0.2, 0.25) is 5.02 Å². The van der Waals surface area contributed by atoms with E-state index in [-0.39, 0.29) is 18.2 Å². The molecule has 2 atom stereocenters. The minimum absolute atomic E-state index is 0.0825. The number of ether oxygens (including phenoxy) is 1. The number of aromatic nitrogens is 1. The summed E-state index contributed by atoms with van der Waals surface area (Å²) in [6.07, 6.45) is 3.62. The van der Waals surface area contributed by atoms with Crippen LogP contribution >= 0.6 is 11.6 Å². The van der Waals surface area contributed by atoms with Gasteiger partial charge in [0.05, 0.1) is 12.1 Å². The summed E-state index contributed by atoms with van der Waals surface area (Å²) in [5.74, 6) is 0. The molecule has 2 saturated heterocycles. The second-order valence-corrected chi connectivity index (χ2v) is 14.0. The van der Waals surface area contributed by atoms with Crippen LogP contribution in [0.5, 0.6) is 0 Å². The average molecular weight is 678 g/mol. The van der Waals surface area contributed by atoms with Crippen molar-refractivity contribution in [1.29, 1.82) is 0 Å². The minimum Gasteiger partial charge on any atom is -0.447 e. The maximum atomic E-state index is 11.1. The Bertz CT molecular complexity index is 1800. The first-order valence-electron chi connectivity index (χ1n) is 17.3. The number of rotatable bonds is 10. The van der Waals surface area contributed by atoms with Gasteiger partial charge in [-0.05, 0) is 85.9 Å². The van der Waals surface area contributed by atoms with Gasteiger partial charge >= 0.3 is 6.09 Å². The van der Waals surface area contributed by atoms with Crippen LogP contribution in [-0.2, 0) is 24.1 Å². The van der Waals surface area contributed by atoms with Gasteiger partial charge in [-0.15, -0.1) is 0 Å². The normalized spacial score (nSPS) is 17.4. The second kappa shape index (κ2) is 16.5. The van der Waals surface area contributed by atoms with E-state index in [1.165, 1.54) is 44.3 Å². The lowest BCUT2D eigenvalue weighted by Crippen LogP contribution is -2.47. The van der Waals surface area contributed by atoms with Crippen molar-refractivity contribution in [2.75, 3.05) is 53.4 Å². The Morgan fingerprint density at radius 2 is 1.63 bits per heavy atom. The van der Waals surface area contributed by atoms with Gasteiger partial charge in [0.25, 0.3) is 0 Å². The van der Waals surface area contributed by atoms with Crippen LogP contribution in [0.4, 0.5) is 4.79 Å². The zero-order valence-corrected chi connectivity index (χ0v) is 29.6. The molecule has 4 aromatic carbocycles. The molecular formula is C41H48ClN5O2. The van der Waals surface area contributed by atoms with Gasteiger partial charge in [-0.2, -0.15) is 0 Å². The van der Waals surface area contributed by atoms with Crippen LogP contribution in [0.1, 0.15) is 39.4 Å². The predicted octanol–water partition coefficient (Wildman–Crippen LogP) is 7.48. The molecule has 7 nitrogen and oxygen atoms in total. The van der Waals surface area contributed by atoms with Gasteiger partial charge in [0.15, 0.2) is 0 Å². The van der Waals surface area contributed by atoms with E-state index in [9.17, 15) is 4.79 Å². The standard InChI is InChI=1S/C25H27ClN2.C16H21N3O2/c1-20-6-5-7-21(18-20)19-27-14-16-28(17-15-27)25(22-8-3-2-4-9-22)23-10-12-24(26)13-11-23;1-19(2)6-5-12-9-17-15-4-3-11(8-14(12)15)7-13-10-21-16(20)18-13/h2-13,18,25H,14-17,19H2,1H3;3-4,8-9,13,17H,5-7,10H2,1-2H3,(H,18,20)/t;13-/m.0/s1. The summed E-state index contributed by atoms with van der Waals surface area (Å²) in [6.45, 7) is 8.99. The third kappa shape index (κ3) is 9.52. The number of fused-ring (bicyclic) bond motifs is 1. The number of alkyl carbamates (subject to hydrolysis) is 1. The number of aromatic amines is 1. The lowest BCUT2D eigenvalue weighted by atomic mass is 9.96. The first-order chi connectivity index (χ1) is 23.8. The highest BCUT2D eigenvalue weighted by atomic mass is 35.5. The van der Waals surface area contributed by atoms with Gasteiger partial charge < -0.3 is 19.9 Å². The number of benzene rings is 4. The van der Waals surface area contributed by atoms with Crippen molar-refractivity contribution in [3.63, 3.8) is 0 Å². The van der Waals surface area contributed by atoms with E-state index in [0.717, 1.165) is 57.1 Å². The van der Waals surface area contributed by atoms with E-state index in [1.807, 2.05) is 12.1 Å². The molecular weight excluding hydrogens is 630 g/mol. The Morgan fingerprint density at radius 1 is 0.878 bits per heavy atom. The summed E-state index contributed by atoms with van der Waals surface area (Å²) in [5.41, 5.74) is 9.13. The lowest BCUT2D eigenvalue weighted by molar-refractivity contribution is 0.105. The lowest BCUT2D eigenvalue weighted by Gasteiger charge is -2.40. The van der Waals surface area contributed by atoms with Crippen molar-refractivity contribution in [3.05, 3.63) is 142 Å². The van der Waals surface area contributed by atoms with Crippen LogP contribution < -0.4 is 5.32 Å². The fourth-order valence-electron chi connectivity index (χ4n) is 6.87. The third-order valence-electron chi connectivity index (χ3n) is 9.44. The average Bonchev–Trinajstić information content (AvgIpc) is 3.71. The first-order valence-corrected chi connectivity index (χ1v) is 17.7. The summed E-state index contributed by atoms with van der Waals surface area (Å²) >= 11 is 6.14. The molecule has 2 N–H and O–H groups in total. The number of carbonyl (C=O) groups is 1. The molecule has 256 valence electrons. The van der Waals surface area contributed by atoms with Crippen LogP contribution in [0.3, 0.4) is 0 Å². The molecule has 1 amide bonds. The molecule has 0 spiro atoms. The van der Waals surface area contributed by atoms with Crippen LogP contribution in [0.15, 0.2) is 103 Å². The Kier molecular flexibility index (Phi) is 11.7. The van der Waals surface area contributed by atoms with Crippen molar-refractivity contribution in [3.8, 4) is 0 Å². The summed E-state index contributed by atoms with van der Waals surface area (Å²) in [4.78, 5) is 21.8. The summed E-state index contributed by atoms with van der Waals surface area (Å²) in [6, 6.07) is 34.8. The summed E-state index contributed by atoms with van der Waals surface area (Å²) in [5, 5.41) is 4.89. The zero-order chi connectivity index (χ0) is 34.2. The Balaban J connectivity index is 0.000000177. The van der Waals surface area contributed by atoms with Crippen LogP contribution in [0, 0.1) is 6.92 Å². The number of H-pyrrole nitrogens is 1. The second-order valence-electron chi connectivity index (χ2n) is 13.6. The molecule has 0 radical (unpaired) electrons. The number of hydrogen-bond acceptors (Lipinski definition) is 5. The molecule has 49 heavy (non-hydrogen) atoms. The molecule has 5 aromatic rings. The first kappa shape index (κ1) is 34.7. The van der Waals surface area contributed by atoms with Gasteiger partial charge in [0.1, 0.15) is 6.61 Å². The molecule has 2 aliphatic rings. The third-order valence-corrected chi connectivity index (χ3v) is 9.69. The van der Waals surface area contributed by atoms with Crippen molar-refractivity contribution in [2.24, 2.45) is 0 Å². The molecule has 0 bridgehead atoms. The number of hydrogen-bond donors (Lipinski definition) is 2. The number of amides is 1. The number of nitrogens with one attached hydrogen (secondary N) is 2. The molecule has 1 unspecified atom stereocenters. The van der Waals surface area contributed by atoms with E-state index in [2.05, 4.69) is 137 Å². The van der Waals surface area contributed by atoms with Crippen molar-refractivity contribution in [2.45, 2.75) is 38.4 Å². The van der Waals surface area contributed by atoms with E-state index in [4.69, 9.17) is 16.3 Å². The molecule has 3 heterocycles. The SMILES string of the molecule is CN(C)CCc1c[nH]c2ccc(C[C@H]3COC(=O)N3)cc12.Cc1cccc(CN2CCN(C(c3ccccc3)c3ccc(Cl)cc3)CC2)c1. The molecule has 0 saturated carbocycles. The zero-order valence-electron chi connectivity index (χ0n) is 28.9. The van der Waals surface area contributed by atoms with Crippen molar-refractivity contribution in [1.82, 2.24) is 25.0 Å². The van der Waals surface area contributed by atoms with E-state index in [1.54, 1.807) is 0 Å². The number of halogens is 1. The van der Waals surface area contributed by atoms with Gasteiger partial charge in [0.2, 0.25) is 0 Å². The van der Waals surface area contributed by atoms with E-state index >= 15 is 0 Å². The molecule has 7 rings (SSSR count). The van der Waals surface area contributed by atoms with Gasteiger partial charge in [-0.1, -0.05) is 90.0 Å². The Labute approximate surface area is 295 Å². The van der Waals surface area contributed by atoms with Gasteiger partial charge in [-0.25, -0.2) is 4.79 Å². The smallest absolute Gasteiger partial charge is 0.407 e. The quantitative estimate of drug-likeness (QED) is 0.161. The maximum absolute atomic E-state index is 11.1. The maximum Gasteiger partial charge on any atom is 0.407 e. The number of piperazine rings is 1. The molecule has 1 aromatic heterocycles. The highest BCUT2D eigenvalue weighted by molar-refractivity contribution is 6.30. The minimum atomic E-state index is -0.311. The number of carbonyl (C=O) groups excluding carboxylic acids is 1. The number of cyclic esters (lactones) is 1. The largest absolute Gasteiger partial charge is 0.447 e. The highest BCUT2D eigenvalue weighted by Gasteiger charge is 2.26. The summed E-state index contributed by atoms with van der Waals surface area (Å²) in [7, 11) is 4.17. The van der Waals surface area contributed by atoms with E-state index < -0.39 is 0 Å². The number of aryl methyl sites for hydroxylation is 1. The van der Waals surface area contributed by atoms with Crippen LogP contribution in [-0.4, -0.2) is 85.2 Å². The Morgan fingerprint density at radius 3 is 2.33 bits per heavy atom. The van der Waals surface area contributed by atoms with Crippen molar-refractivity contribution < 1.29 is 9.53 Å². The number of nitrogens with zero attached hydrogens (tertiary/aromatic N) is 3.